The number of hydrogen-bond donors (Lipinski definition) is 1. The van der Waals surface area contributed by atoms with Crippen molar-refractivity contribution in [2.45, 2.75) is 51.9 Å². The van der Waals surface area contributed by atoms with E-state index in [1.54, 1.807) is 17.9 Å². The second-order valence-electron chi connectivity index (χ2n) is 8.53. The van der Waals surface area contributed by atoms with Crippen LogP contribution in [0.2, 0.25) is 0 Å². The molecule has 2 heterocycles. The molecule has 0 saturated carbocycles. The number of nitrogens with one attached hydrogen (secondary N) is 1. The Morgan fingerprint density at radius 2 is 2.10 bits per heavy atom. The summed E-state index contributed by atoms with van der Waals surface area (Å²) in [5.74, 6) is 0.226. The van der Waals surface area contributed by atoms with Crippen molar-refractivity contribution in [1.29, 1.82) is 0 Å². The first-order valence-electron chi connectivity index (χ1n) is 10.9. The predicted octanol–water partition coefficient (Wildman–Crippen LogP) is 4.52. The molecule has 1 atom stereocenters. The van der Waals surface area contributed by atoms with E-state index in [9.17, 15) is 18.8 Å². The minimum Gasteiger partial charge on any atom is -0.468 e. The number of hydrogen-bond acceptors (Lipinski definition) is 4. The van der Waals surface area contributed by atoms with Gasteiger partial charge < -0.3 is 14.6 Å². The van der Waals surface area contributed by atoms with E-state index < -0.39 is 0 Å². The van der Waals surface area contributed by atoms with Crippen molar-refractivity contribution in [3.8, 4) is 0 Å². The summed E-state index contributed by atoms with van der Waals surface area (Å²) in [5, 5.41) is 2.84. The van der Waals surface area contributed by atoms with Crippen LogP contribution in [0.4, 0.5) is 10.1 Å². The van der Waals surface area contributed by atoms with E-state index in [0.717, 1.165) is 19.3 Å². The fraction of sp³-hybridized carbons (Fsp3) is 0.458. The van der Waals surface area contributed by atoms with E-state index in [-0.39, 0.29) is 29.3 Å². The van der Waals surface area contributed by atoms with E-state index >= 15 is 0 Å². The van der Waals surface area contributed by atoms with Crippen LogP contribution in [0, 0.1) is 18.7 Å². The van der Waals surface area contributed by atoms with E-state index in [0.29, 0.717) is 66.9 Å². The van der Waals surface area contributed by atoms with Gasteiger partial charge in [-0.15, -0.1) is 0 Å². The van der Waals surface area contributed by atoms with Gasteiger partial charge in [-0.25, -0.2) is 4.39 Å². The average molecular weight is 426 g/mol. The number of carbonyl (C=O) groups excluding carboxylic acids is 3. The lowest BCUT2D eigenvalue weighted by atomic mass is 9.91. The Bertz CT molecular complexity index is 1010. The third-order valence-corrected chi connectivity index (χ3v) is 6.23. The number of ketones is 1. The standard InChI is InChI=1S/C24H27FN2O4/c1-15-12-17(25)8-9-19(15)26-22(29)10-7-16-4-3-11-27(13-16)24(30)18-14-31-21-6-2-5-20(28)23(18)21/h8-9,12,14,16H,2-7,10-11,13H2,1H3,(H,26,29)/t16-/m1/s1. The number of fused-ring (bicyclic) bond motifs is 1. The van der Waals surface area contributed by atoms with Gasteiger partial charge in [-0.05, 0) is 62.3 Å². The number of Topliss-reactive ketones (excluding diaryl/α,β-unsaturated/α-hetero) is 1. The van der Waals surface area contributed by atoms with Crippen molar-refractivity contribution in [1.82, 2.24) is 4.90 Å². The minimum absolute atomic E-state index is 0.0142. The normalized spacial score (nSPS) is 18.6. The molecule has 0 spiro atoms. The van der Waals surface area contributed by atoms with Crippen molar-refractivity contribution in [2.75, 3.05) is 18.4 Å². The minimum atomic E-state index is -0.331. The fourth-order valence-corrected chi connectivity index (χ4v) is 4.55. The number of nitrogens with zero attached hydrogens (tertiary/aromatic N) is 1. The first-order valence-corrected chi connectivity index (χ1v) is 10.9. The molecule has 31 heavy (non-hydrogen) atoms. The maximum absolute atomic E-state index is 13.2. The summed E-state index contributed by atoms with van der Waals surface area (Å²) in [6.07, 6.45) is 6.16. The number of halogens is 1. The molecule has 2 aromatic rings. The maximum atomic E-state index is 13.2. The van der Waals surface area contributed by atoms with Crippen LogP contribution in [0.5, 0.6) is 0 Å². The van der Waals surface area contributed by atoms with Gasteiger partial charge in [-0.1, -0.05) is 0 Å². The number of likely N-dealkylation sites (tertiary alicyclic amines) is 1. The van der Waals surface area contributed by atoms with Crippen LogP contribution < -0.4 is 5.32 Å². The lowest BCUT2D eigenvalue weighted by Crippen LogP contribution is -2.40. The smallest absolute Gasteiger partial charge is 0.257 e. The number of anilines is 1. The molecule has 1 fully saturated rings. The van der Waals surface area contributed by atoms with E-state index in [4.69, 9.17) is 4.42 Å². The monoisotopic (exact) mass is 426 g/mol. The first-order chi connectivity index (χ1) is 14.9. The molecule has 0 unspecified atom stereocenters. The Labute approximate surface area is 180 Å². The Morgan fingerprint density at radius 3 is 2.90 bits per heavy atom. The van der Waals surface area contributed by atoms with E-state index in [1.807, 2.05) is 0 Å². The molecule has 1 saturated heterocycles. The highest BCUT2D eigenvalue weighted by atomic mass is 19.1. The molecule has 2 amide bonds. The summed E-state index contributed by atoms with van der Waals surface area (Å²) < 4.78 is 18.7. The number of benzene rings is 1. The van der Waals surface area contributed by atoms with Gasteiger partial charge in [0.1, 0.15) is 17.8 Å². The Morgan fingerprint density at radius 1 is 1.26 bits per heavy atom. The molecule has 4 rings (SSSR count). The second kappa shape index (κ2) is 9.04. The van der Waals surface area contributed by atoms with Crippen molar-refractivity contribution >= 4 is 23.3 Å². The summed E-state index contributed by atoms with van der Waals surface area (Å²) >= 11 is 0. The number of carbonyl (C=O) groups is 3. The highest BCUT2D eigenvalue weighted by molar-refractivity contribution is 6.09. The molecule has 1 aromatic heterocycles. The van der Waals surface area contributed by atoms with Crippen molar-refractivity contribution in [3.05, 3.63) is 52.7 Å². The SMILES string of the molecule is Cc1cc(F)ccc1NC(=O)CC[C@H]1CCCN(C(=O)c2coc3c2C(=O)CCC3)C1. The molecular formula is C24H27FN2O4. The van der Waals surface area contributed by atoms with Gasteiger partial charge in [0, 0.05) is 38.0 Å². The van der Waals surface area contributed by atoms with Crippen LogP contribution in [-0.4, -0.2) is 35.6 Å². The van der Waals surface area contributed by atoms with Gasteiger partial charge in [0.2, 0.25) is 5.91 Å². The number of furan rings is 1. The lowest BCUT2D eigenvalue weighted by molar-refractivity contribution is -0.116. The number of aryl methyl sites for hydroxylation is 2. The van der Waals surface area contributed by atoms with Crippen molar-refractivity contribution in [3.63, 3.8) is 0 Å². The average Bonchev–Trinajstić information content (AvgIpc) is 3.19. The van der Waals surface area contributed by atoms with Gasteiger partial charge >= 0.3 is 0 Å². The van der Waals surface area contributed by atoms with Gasteiger partial charge in [-0.3, -0.25) is 14.4 Å². The molecule has 2 aliphatic rings. The van der Waals surface area contributed by atoms with E-state index in [2.05, 4.69) is 5.32 Å². The molecule has 0 bridgehead atoms. The van der Waals surface area contributed by atoms with Crippen LogP contribution in [-0.2, 0) is 11.2 Å². The second-order valence-corrected chi connectivity index (χ2v) is 8.53. The van der Waals surface area contributed by atoms with Crippen molar-refractivity contribution in [2.24, 2.45) is 5.92 Å². The summed E-state index contributed by atoms with van der Waals surface area (Å²) in [5.41, 5.74) is 2.14. The van der Waals surface area contributed by atoms with E-state index in [1.165, 1.54) is 18.4 Å². The zero-order chi connectivity index (χ0) is 22.0. The molecule has 0 radical (unpaired) electrons. The molecule has 1 aromatic carbocycles. The zero-order valence-electron chi connectivity index (χ0n) is 17.7. The third-order valence-electron chi connectivity index (χ3n) is 6.23. The fourth-order valence-electron chi connectivity index (χ4n) is 4.55. The number of rotatable bonds is 5. The van der Waals surface area contributed by atoms with Gasteiger partial charge in [-0.2, -0.15) is 0 Å². The van der Waals surface area contributed by atoms with Crippen LogP contribution in [0.15, 0.2) is 28.9 Å². The topological polar surface area (TPSA) is 79.6 Å². The van der Waals surface area contributed by atoms with Gasteiger partial charge in [0.15, 0.2) is 5.78 Å². The summed E-state index contributed by atoms with van der Waals surface area (Å²) in [7, 11) is 0. The largest absolute Gasteiger partial charge is 0.468 e. The summed E-state index contributed by atoms with van der Waals surface area (Å²) in [6, 6.07) is 4.28. The first kappa shape index (κ1) is 21.3. The lowest BCUT2D eigenvalue weighted by Gasteiger charge is -2.32. The van der Waals surface area contributed by atoms with Crippen LogP contribution >= 0.6 is 0 Å². The Balaban J connectivity index is 1.33. The third kappa shape index (κ3) is 4.70. The Kier molecular flexibility index (Phi) is 6.20. The summed E-state index contributed by atoms with van der Waals surface area (Å²) in [4.78, 5) is 39.5. The highest BCUT2D eigenvalue weighted by Gasteiger charge is 2.32. The van der Waals surface area contributed by atoms with Crippen LogP contribution in [0.25, 0.3) is 0 Å². The van der Waals surface area contributed by atoms with Crippen LogP contribution in [0.1, 0.15) is 70.6 Å². The highest BCUT2D eigenvalue weighted by Crippen LogP contribution is 2.29. The Hall–Kier alpha value is -2.96. The number of piperidine rings is 1. The zero-order valence-corrected chi connectivity index (χ0v) is 17.7. The molecular weight excluding hydrogens is 399 g/mol. The van der Waals surface area contributed by atoms with Crippen molar-refractivity contribution < 1.29 is 23.2 Å². The molecule has 164 valence electrons. The van der Waals surface area contributed by atoms with Crippen LogP contribution in [0.3, 0.4) is 0 Å². The molecule has 1 aliphatic carbocycles. The number of amides is 2. The predicted molar refractivity (Wildman–Crippen MR) is 114 cm³/mol. The molecule has 1 N–H and O–H groups in total. The van der Waals surface area contributed by atoms with Gasteiger partial charge in [0.25, 0.3) is 5.91 Å². The molecule has 7 heteroatoms. The molecule has 1 aliphatic heterocycles. The van der Waals surface area contributed by atoms with Gasteiger partial charge in [0.05, 0.1) is 11.1 Å². The maximum Gasteiger partial charge on any atom is 0.257 e. The quantitative estimate of drug-likeness (QED) is 0.763. The summed E-state index contributed by atoms with van der Waals surface area (Å²) in [6.45, 7) is 2.96. The molecule has 6 nitrogen and oxygen atoms in total.